The third kappa shape index (κ3) is 3.72. The number of nitrogens with one attached hydrogen (secondary N) is 3. The summed E-state index contributed by atoms with van der Waals surface area (Å²) in [5.41, 5.74) is 4.79. The largest absolute Gasteiger partial charge is 0.345 e. The predicted octanol–water partition coefficient (Wildman–Crippen LogP) is 3.01. The Morgan fingerprint density at radius 3 is 2.68 bits per heavy atom. The maximum absolute atomic E-state index is 12.6. The van der Waals surface area contributed by atoms with Crippen LogP contribution in [0.25, 0.3) is 44.8 Å². The van der Waals surface area contributed by atoms with E-state index >= 15 is 0 Å². The van der Waals surface area contributed by atoms with Gasteiger partial charge < -0.3 is 15.2 Å². The van der Waals surface area contributed by atoms with Crippen molar-refractivity contribution in [3.63, 3.8) is 0 Å². The number of anilines is 1. The zero-order chi connectivity index (χ0) is 23.8. The maximum Gasteiger partial charge on any atom is 0.255 e. The summed E-state index contributed by atoms with van der Waals surface area (Å²) in [6, 6.07) is 5.43. The Labute approximate surface area is 193 Å². The van der Waals surface area contributed by atoms with Crippen LogP contribution >= 0.6 is 0 Å². The van der Waals surface area contributed by atoms with Crippen molar-refractivity contribution in [2.45, 2.75) is 13.3 Å². The van der Waals surface area contributed by atoms with E-state index < -0.39 is 0 Å². The SMILES string of the molecule is CCC(=O)Nc1cncc(-c2cnc3n[nH]c(-c4nc5nccc(C(=O)N(C)C)c5[nH]4)c3c2)c1. The molecule has 0 unspecified atom stereocenters. The molecule has 5 aromatic heterocycles. The van der Waals surface area contributed by atoms with E-state index in [1.165, 1.54) is 4.90 Å². The average Bonchev–Trinajstić information content (AvgIpc) is 3.47. The van der Waals surface area contributed by atoms with Gasteiger partial charge in [-0.3, -0.25) is 19.7 Å². The lowest BCUT2D eigenvalue weighted by molar-refractivity contribution is -0.115. The highest BCUT2D eigenvalue weighted by atomic mass is 16.2. The van der Waals surface area contributed by atoms with Crippen molar-refractivity contribution in [1.82, 2.24) is 40.0 Å². The van der Waals surface area contributed by atoms with Crippen LogP contribution in [0.5, 0.6) is 0 Å². The number of H-pyrrole nitrogens is 2. The molecule has 11 nitrogen and oxygen atoms in total. The zero-order valence-corrected chi connectivity index (χ0v) is 18.7. The van der Waals surface area contributed by atoms with E-state index in [-0.39, 0.29) is 11.8 Å². The molecule has 0 aromatic carbocycles. The normalized spacial score (nSPS) is 11.1. The number of nitrogens with zero attached hydrogens (tertiary/aromatic N) is 6. The average molecular weight is 455 g/mol. The Kier molecular flexibility index (Phi) is 5.21. The second-order valence-electron chi connectivity index (χ2n) is 7.90. The van der Waals surface area contributed by atoms with Crippen LogP contribution in [0, 0.1) is 0 Å². The van der Waals surface area contributed by atoms with E-state index in [1.54, 1.807) is 51.9 Å². The lowest BCUT2D eigenvalue weighted by Gasteiger charge is -2.09. The van der Waals surface area contributed by atoms with E-state index in [0.717, 1.165) is 16.5 Å². The number of carbonyl (C=O) groups excluding carboxylic acids is 2. The molecule has 0 saturated carbocycles. The molecule has 170 valence electrons. The molecule has 0 aliphatic carbocycles. The smallest absolute Gasteiger partial charge is 0.255 e. The van der Waals surface area contributed by atoms with E-state index in [9.17, 15) is 9.59 Å². The Morgan fingerprint density at radius 1 is 1.06 bits per heavy atom. The molecule has 0 saturated heterocycles. The van der Waals surface area contributed by atoms with Crippen LogP contribution in [0.3, 0.4) is 0 Å². The summed E-state index contributed by atoms with van der Waals surface area (Å²) in [5, 5.41) is 10.8. The Bertz CT molecular complexity index is 1550. The fraction of sp³-hybridized carbons (Fsp3) is 0.174. The molecule has 2 amide bonds. The number of pyridine rings is 3. The fourth-order valence-electron chi connectivity index (χ4n) is 3.60. The van der Waals surface area contributed by atoms with E-state index in [1.807, 2.05) is 12.1 Å². The van der Waals surface area contributed by atoms with Crippen LogP contribution in [-0.4, -0.2) is 65.9 Å². The van der Waals surface area contributed by atoms with Crippen LogP contribution < -0.4 is 5.32 Å². The number of imidazole rings is 1. The minimum Gasteiger partial charge on any atom is -0.345 e. The van der Waals surface area contributed by atoms with Gasteiger partial charge in [0.25, 0.3) is 5.91 Å². The molecule has 0 atom stereocenters. The monoisotopic (exact) mass is 455 g/mol. The molecule has 34 heavy (non-hydrogen) atoms. The van der Waals surface area contributed by atoms with Gasteiger partial charge in [-0.15, -0.1) is 0 Å². The number of hydrogen-bond acceptors (Lipinski definition) is 7. The summed E-state index contributed by atoms with van der Waals surface area (Å²) in [6.07, 6.45) is 6.94. The lowest BCUT2D eigenvalue weighted by Crippen LogP contribution is -2.22. The highest BCUT2D eigenvalue weighted by Crippen LogP contribution is 2.30. The van der Waals surface area contributed by atoms with Gasteiger partial charge in [-0.05, 0) is 18.2 Å². The molecule has 0 aliphatic heterocycles. The third-order valence-electron chi connectivity index (χ3n) is 5.35. The molecule has 0 fully saturated rings. The molecule has 0 spiro atoms. The van der Waals surface area contributed by atoms with Gasteiger partial charge in [-0.2, -0.15) is 5.10 Å². The van der Waals surface area contributed by atoms with Gasteiger partial charge in [0.05, 0.1) is 28.4 Å². The lowest BCUT2D eigenvalue weighted by atomic mass is 10.1. The van der Waals surface area contributed by atoms with Crippen LogP contribution in [0.1, 0.15) is 23.7 Å². The highest BCUT2D eigenvalue weighted by molar-refractivity contribution is 6.04. The van der Waals surface area contributed by atoms with Crippen LogP contribution in [0.2, 0.25) is 0 Å². The zero-order valence-electron chi connectivity index (χ0n) is 18.7. The molecule has 0 radical (unpaired) electrons. The standard InChI is InChI=1S/C23H21N9O2/c1-4-17(33)27-14-7-12(9-24-11-14)13-8-16-19(30-31-20(16)26-10-13)22-28-18-15(23(34)32(2)3)5-6-25-21(18)29-22/h5-11H,4H2,1-3H3,(H,27,33)(H,25,28,29)(H,26,30,31). The van der Waals surface area contributed by atoms with Gasteiger partial charge in [-0.1, -0.05) is 6.92 Å². The predicted molar refractivity (Wildman–Crippen MR) is 127 cm³/mol. The Morgan fingerprint density at radius 2 is 1.88 bits per heavy atom. The van der Waals surface area contributed by atoms with Crippen molar-refractivity contribution >= 4 is 39.7 Å². The number of carbonyl (C=O) groups is 2. The fourth-order valence-corrected chi connectivity index (χ4v) is 3.60. The van der Waals surface area contributed by atoms with Crippen molar-refractivity contribution < 1.29 is 9.59 Å². The molecule has 11 heteroatoms. The topological polar surface area (TPSA) is 145 Å². The first kappa shape index (κ1) is 21.2. The van der Waals surface area contributed by atoms with Crippen LogP contribution in [-0.2, 0) is 4.79 Å². The van der Waals surface area contributed by atoms with Crippen molar-refractivity contribution in [2.75, 3.05) is 19.4 Å². The van der Waals surface area contributed by atoms with Gasteiger partial charge in [0.1, 0.15) is 5.69 Å². The number of amides is 2. The molecule has 0 aliphatic rings. The summed E-state index contributed by atoms with van der Waals surface area (Å²) in [6.45, 7) is 1.79. The number of rotatable bonds is 5. The van der Waals surface area contributed by atoms with Gasteiger partial charge in [-0.25, -0.2) is 15.0 Å². The summed E-state index contributed by atoms with van der Waals surface area (Å²) in [5.74, 6) is 0.254. The van der Waals surface area contributed by atoms with Gasteiger partial charge in [0.15, 0.2) is 17.1 Å². The summed E-state index contributed by atoms with van der Waals surface area (Å²) in [4.78, 5) is 46.6. The van der Waals surface area contributed by atoms with Crippen molar-refractivity contribution in [2.24, 2.45) is 0 Å². The molecule has 3 N–H and O–H groups in total. The molecular formula is C23H21N9O2. The highest BCUT2D eigenvalue weighted by Gasteiger charge is 2.19. The number of fused-ring (bicyclic) bond motifs is 2. The molecule has 5 rings (SSSR count). The van der Waals surface area contributed by atoms with Crippen LogP contribution in [0.15, 0.2) is 43.0 Å². The van der Waals surface area contributed by atoms with Gasteiger partial charge >= 0.3 is 0 Å². The minimum absolute atomic E-state index is 0.0877. The van der Waals surface area contributed by atoms with Crippen molar-refractivity contribution in [3.8, 4) is 22.6 Å². The maximum atomic E-state index is 12.6. The van der Waals surface area contributed by atoms with E-state index in [0.29, 0.717) is 46.0 Å². The third-order valence-corrected chi connectivity index (χ3v) is 5.35. The second kappa shape index (κ2) is 8.35. The van der Waals surface area contributed by atoms with Gasteiger partial charge in [0, 0.05) is 50.2 Å². The van der Waals surface area contributed by atoms with Gasteiger partial charge in [0.2, 0.25) is 5.91 Å². The summed E-state index contributed by atoms with van der Waals surface area (Å²) in [7, 11) is 3.39. The van der Waals surface area contributed by atoms with Crippen LogP contribution in [0.4, 0.5) is 5.69 Å². The quantitative estimate of drug-likeness (QED) is 0.369. The summed E-state index contributed by atoms with van der Waals surface area (Å²) < 4.78 is 0. The molecule has 5 heterocycles. The van der Waals surface area contributed by atoms with Crippen molar-refractivity contribution in [1.29, 1.82) is 0 Å². The Balaban J connectivity index is 1.58. The molecular weight excluding hydrogens is 434 g/mol. The first-order valence-corrected chi connectivity index (χ1v) is 10.6. The molecule has 5 aromatic rings. The number of hydrogen-bond donors (Lipinski definition) is 3. The van der Waals surface area contributed by atoms with E-state index in [2.05, 4.69) is 40.4 Å². The van der Waals surface area contributed by atoms with Crippen molar-refractivity contribution in [3.05, 3.63) is 48.5 Å². The second-order valence-corrected chi connectivity index (χ2v) is 7.90. The minimum atomic E-state index is -0.149. The Hall–Kier alpha value is -4.67. The molecule has 0 bridgehead atoms. The summed E-state index contributed by atoms with van der Waals surface area (Å²) >= 11 is 0. The number of aromatic nitrogens is 7. The first-order valence-electron chi connectivity index (χ1n) is 10.6. The van der Waals surface area contributed by atoms with E-state index in [4.69, 9.17) is 0 Å². The first-order chi connectivity index (χ1) is 16.4. The number of aromatic amines is 2.